The topological polar surface area (TPSA) is 58.2 Å². The number of nitrogens with one attached hydrogen (secondary N) is 1. The summed E-state index contributed by atoms with van der Waals surface area (Å²) in [6.45, 7) is 6.63. The van der Waals surface area contributed by atoms with E-state index < -0.39 is 0 Å². The Morgan fingerprint density at radius 1 is 0.952 bits per heavy atom. The van der Waals surface area contributed by atoms with Gasteiger partial charge in [-0.15, -0.1) is 0 Å². The highest BCUT2D eigenvalue weighted by molar-refractivity contribution is 5.98. The summed E-state index contributed by atoms with van der Waals surface area (Å²) in [5.41, 5.74) is 4.01. The summed E-state index contributed by atoms with van der Waals surface area (Å²) >= 11 is 0. The number of rotatable bonds is 10. The maximum Gasteiger partial charge on any atom is 0.191 e. The van der Waals surface area contributed by atoms with Gasteiger partial charge >= 0.3 is 0 Å². The van der Waals surface area contributed by atoms with Crippen LogP contribution in [-0.2, 0) is 19.6 Å². The lowest BCUT2D eigenvalue weighted by Gasteiger charge is -2.57. The number of methoxy groups -OCH3 is 1. The standard InChI is InChI=1S/C36H45NO5/c1-23(35-21-37-11-12-39-35)42-30-9-7-28(8-10-30)31-6-4-5-29-16-34(41-22-40-24(2)38-3)33(17-32(29)31)36-18-25-13-26(19-36)15-27(14-25)20-36/h4-10,16-17,23-27,35,37H,11-15,18-22H2,1-3H3. The van der Waals surface area contributed by atoms with Crippen molar-refractivity contribution in [3.8, 4) is 22.6 Å². The average molecular weight is 572 g/mol. The molecule has 0 amide bonds. The summed E-state index contributed by atoms with van der Waals surface area (Å²) in [5.74, 6) is 4.40. The molecule has 5 aliphatic rings. The summed E-state index contributed by atoms with van der Waals surface area (Å²) in [5, 5.41) is 5.86. The first kappa shape index (κ1) is 28.1. The Balaban J connectivity index is 1.21. The van der Waals surface area contributed by atoms with Crippen molar-refractivity contribution in [3.63, 3.8) is 0 Å². The molecule has 6 heteroatoms. The molecule has 224 valence electrons. The third-order valence-electron chi connectivity index (χ3n) is 10.4. The van der Waals surface area contributed by atoms with E-state index >= 15 is 0 Å². The lowest BCUT2D eigenvalue weighted by Crippen LogP contribution is -2.48. The molecule has 1 saturated heterocycles. The highest BCUT2D eigenvalue weighted by Crippen LogP contribution is 2.62. The molecule has 0 aromatic heterocycles. The quantitative estimate of drug-likeness (QED) is 0.263. The number of hydrogen-bond acceptors (Lipinski definition) is 6. The lowest BCUT2D eigenvalue weighted by molar-refractivity contribution is -0.150. The molecule has 4 bridgehead atoms. The van der Waals surface area contributed by atoms with Gasteiger partial charge in [0.05, 0.1) is 6.61 Å². The molecule has 3 aromatic rings. The van der Waals surface area contributed by atoms with E-state index in [9.17, 15) is 0 Å². The van der Waals surface area contributed by atoms with E-state index in [4.69, 9.17) is 23.7 Å². The van der Waals surface area contributed by atoms with Crippen LogP contribution in [-0.4, -0.2) is 52.1 Å². The van der Waals surface area contributed by atoms with Gasteiger partial charge in [-0.1, -0.05) is 30.3 Å². The molecule has 0 radical (unpaired) electrons. The third-order valence-corrected chi connectivity index (χ3v) is 10.4. The fourth-order valence-corrected chi connectivity index (χ4v) is 8.68. The molecule has 4 aliphatic carbocycles. The molecular weight excluding hydrogens is 526 g/mol. The number of ether oxygens (including phenoxy) is 5. The minimum atomic E-state index is -0.304. The molecular formula is C36H45NO5. The van der Waals surface area contributed by atoms with E-state index in [1.54, 1.807) is 7.11 Å². The molecule has 6 nitrogen and oxygen atoms in total. The summed E-state index contributed by atoms with van der Waals surface area (Å²) in [4.78, 5) is 0. The Bertz CT molecular complexity index is 1350. The number of hydrogen-bond donors (Lipinski definition) is 1. The molecule has 1 N–H and O–H groups in total. The Kier molecular flexibility index (Phi) is 7.91. The van der Waals surface area contributed by atoms with E-state index in [-0.39, 0.29) is 30.7 Å². The van der Waals surface area contributed by atoms with Crippen LogP contribution in [0.25, 0.3) is 21.9 Å². The van der Waals surface area contributed by atoms with Gasteiger partial charge in [-0.2, -0.15) is 0 Å². The van der Waals surface area contributed by atoms with Crippen LogP contribution in [0.2, 0.25) is 0 Å². The lowest BCUT2D eigenvalue weighted by atomic mass is 9.48. The molecule has 3 aromatic carbocycles. The third kappa shape index (κ3) is 5.55. The zero-order chi connectivity index (χ0) is 28.7. The highest BCUT2D eigenvalue weighted by atomic mass is 16.7. The van der Waals surface area contributed by atoms with Crippen molar-refractivity contribution in [3.05, 3.63) is 60.2 Å². The van der Waals surface area contributed by atoms with Crippen LogP contribution in [0.15, 0.2) is 54.6 Å². The van der Waals surface area contributed by atoms with Gasteiger partial charge in [-0.05, 0) is 122 Å². The van der Waals surface area contributed by atoms with Gasteiger partial charge in [0.15, 0.2) is 13.1 Å². The van der Waals surface area contributed by atoms with Crippen molar-refractivity contribution in [2.75, 3.05) is 33.6 Å². The number of benzene rings is 3. The van der Waals surface area contributed by atoms with Crippen LogP contribution in [0.4, 0.5) is 0 Å². The summed E-state index contributed by atoms with van der Waals surface area (Å²) in [7, 11) is 1.66. The zero-order valence-corrected chi connectivity index (χ0v) is 25.3. The van der Waals surface area contributed by atoms with Crippen LogP contribution < -0.4 is 14.8 Å². The molecule has 5 fully saturated rings. The van der Waals surface area contributed by atoms with Crippen LogP contribution in [0.3, 0.4) is 0 Å². The van der Waals surface area contributed by atoms with Crippen molar-refractivity contribution in [1.29, 1.82) is 0 Å². The van der Waals surface area contributed by atoms with Gasteiger partial charge in [0.25, 0.3) is 0 Å². The van der Waals surface area contributed by atoms with Crippen LogP contribution in [0, 0.1) is 17.8 Å². The van der Waals surface area contributed by atoms with Crippen LogP contribution in [0.5, 0.6) is 11.5 Å². The minimum absolute atomic E-state index is 0.0154. The van der Waals surface area contributed by atoms with E-state index in [1.165, 1.54) is 66.0 Å². The molecule has 1 aliphatic heterocycles. The predicted octanol–water partition coefficient (Wildman–Crippen LogP) is 7.08. The van der Waals surface area contributed by atoms with E-state index in [2.05, 4.69) is 66.8 Å². The predicted molar refractivity (Wildman–Crippen MR) is 165 cm³/mol. The second kappa shape index (κ2) is 11.8. The fourth-order valence-electron chi connectivity index (χ4n) is 8.68. The largest absolute Gasteiger partial charge is 0.488 e. The second-order valence-electron chi connectivity index (χ2n) is 13.3. The SMILES string of the molecule is COC(C)OCOc1cc2cccc(-c3ccc(OC(C)C4CNCCO4)cc3)c2cc1C12CC3CC(CC(C3)C1)C2. The Morgan fingerprint density at radius 2 is 1.69 bits per heavy atom. The molecule has 3 atom stereocenters. The van der Waals surface area contributed by atoms with Crippen LogP contribution in [0.1, 0.15) is 57.9 Å². The van der Waals surface area contributed by atoms with Gasteiger partial charge in [0, 0.05) is 25.8 Å². The van der Waals surface area contributed by atoms with Crippen molar-refractivity contribution >= 4 is 10.8 Å². The minimum Gasteiger partial charge on any atom is -0.488 e. The average Bonchev–Trinajstić information content (AvgIpc) is 3.00. The van der Waals surface area contributed by atoms with Crippen molar-refractivity contribution in [2.24, 2.45) is 17.8 Å². The Labute approximate surface area is 250 Å². The molecule has 42 heavy (non-hydrogen) atoms. The van der Waals surface area contributed by atoms with Crippen LogP contribution >= 0.6 is 0 Å². The van der Waals surface area contributed by atoms with Gasteiger partial charge in [-0.25, -0.2) is 0 Å². The second-order valence-corrected chi connectivity index (χ2v) is 13.3. The highest BCUT2D eigenvalue weighted by Gasteiger charge is 2.52. The number of fused-ring (bicyclic) bond motifs is 1. The number of morpholine rings is 1. The van der Waals surface area contributed by atoms with E-state index in [0.29, 0.717) is 0 Å². The summed E-state index contributed by atoms with van der Waals surface area (Å²) in [6.07, 6.45) is 7.84. The molecule has 0 spiro atoms. The van der Waals surface area contributed by atoms with Gasteiger partial charge < -0.3 is 29.0 Å². The first-order valence-electron chi connectivity index (χ1n) is 15.9. The normalized spacial score (nSPS) is 29.9. The van der Waals surface area contributed by atoms with E-state index in [1.807, 2.05) is 6.92 Å². The Morgan fingerprint density at radius 3 is 2.36 bits per heavy atom. The summed E-state index contributed by atoms with van der Waals surface area (Å²) in [6, 6.07) is 19.9. The van der Waals surface area contributed by atoms with Gasteiger partial charge in [0.1, 0.15) is 23.7 Å². The van der Waals surface area contributed by atoms with Gasteiger partial charge in [0.2, 0.25) is 0 Å². The van der Waals surface area contributed by atoms with Gasteiger partial charge in [-0.3, -0.25) is 0 Å². The maximum atomic E-state index is 6.42. The van der Waals surface area contributed by atoms with Crippen molar-refractivity contribution in [1.82, 2.24) is 5.32 Å². The molecule has 1 heterocycles. The molecule has 4 saturated carbocycles. The summed E-state index contributed by atoms with van der Waals surface area (Å²) < 4.78 is 29.7. The monoisotopic (exact) mass is 571 g/mol. The van der Waals surface area contributed by atoms with E-state index in [0.717, 1.165) is 48.9 Å². The smallest absolute Gasteiger partial charge is 0.191 e. The van der Waals surface area contributed by atoms with Crippen molar-refractivity contribution in [2.45, 2.75) is 76.3 Å². The molecule has 8 rings (SSSR count). The zero-order valence-electron chi connectivity index (χ0n) is 25.3. The first-order chi connectivity index (χ1) is 20.5. The van der Waals surface area contributed by atoms with Crippen molar-refractivity contribution < 1.29 is 23.7 Å². The molecule has 3 unspecified atom stereocenters. The first-order valence-corrected chi connectivity index (χ1v) is 15.9. The maximum absolute atomic E-state index is 6.42. The Hall–Kier alpha value is -2.64. The fraction of sp³-hybridized carbons (Fsp3) is 0.556.